The first kappa shape index (κ1) is 14.9. The van der Waals surface area contributed by atoms with E-state index in [1.165, 1.54) is 32.2 Å². The molecule has 0 unspecified atom stereocenters. The second kappa shape index (κ2) is 6.46. The van der Waals surface area contributed by atoms with Gasteiger partial charge in [0.15, 0.2) is 0 Å². The summed E-state index contributed by atoms with van der Waals surface area (Å²) in [6.45, 7) is 3.94. The molecule has 0 spiro atoms. The highest BCUT2D eigenvalue weighted by Gasteiger charge is 2.44. The summed E-state index contributed by atoms with van der Waals surface area (Å²) in [7, 11) is 0. The highest BCUT2D eigenvalue weighted by Crippen LogP contribution is 2.37. The second-order valence-corrected chi connectivity index (χ2v) is 7.21. The Morgan fingerprint density at radius 3 is 2.45 bits per heavy atom. The minimum atomic E-state index is -0.206. The van der Waals surface area contributed by atoms with Gasteiger partial charge in [-0.1, -0.05) is 12.8 Å². The smallest absolute Gasteiger partial charge is 0.251 e. The number of amides is 1. The maximum atomic E-state index is 12.6. The molecule has 4 rings (SSSR count). The van der Waals surface area contributed by atoms with E-state index >= 15 is 0 Å². The first-order chi connectivity index (χ1) is 10.8. The monoisotopic (exact) mass is 308 g/mol. The average Bonchev–Trinajstić information content (AvgIpc) is 3.23. The van der Waals surface area contributed by atoms with E-state index in [-0.39, 0.29) is 18.1 Å². The van der Waals surface area contributed by atoms with Crippen LogP contribution in [0.4, 0.5) is 0 Å². The number of carbonyl (C=O) groups is 1. The number of likely N-dealkylation sites (tertiary alicyclic amines) is 1. The summed E-state index contributed by atoms with van der Waals surface area (Å²) in [6.07, 6.45) is 8.69. The van der Waals surface area contributed by atoms with Crippen LogP contribution in [0.3, 0.4) is 0 Å². The van der Waals surface area contributed by atoms with Crippen molar-refractivity contribution in [1.29, 1.82) is 0 Å². The van der Waals surface area contributed by atoms with Crippen molar-refractivity contribution < 1.29 is 14.3 Å². The molecule has 5 nitrogen and oxygen atoms in total. The molecule has 4 fully saturated rings. The van der Waals surface area contributed by atoms with E-state index < -0.39 is 0 Å². The first-order valence-electron chi connectivity index (χ1n) is 9.10. The van der Waals surface area contributed by atoms with Gasteiger partial charge in [0.1, 0.15) is 6.10 Å². The fourth-order valence-corrected chi connectivity index (χ4v) is 4.82. The fraction of sp³-hybridized carbons (Fsp3) is 0.941. The molecule has 22 heavy (non-hydrogen) atoms. The molecule has 5 heteroatoms. The first-order valence-corrected chi connectivity index (χ1v) is 9.10. The molecule has 0 aromatic heterocycles. The molecule has 0 aromatic carbocycles. The van der Waals surface area contributed by atoms with Crippen LogP contribution >= 0.6 is 0 Å². The van der Waals surface area contributed by atoms with Gasteiger partial charge in [0.05, 0.1) is 19.3 Å². The van der Waals surface area contributed by atoms with Crippen LogP contribution in [-0.4, -0.2) is 72.8 Å². The third-order valence-electron chi connectivity index (χ3n) is 5.98. The van der Waals surface area contributed by atoms with Gasteiger partial charge < -0.3 is 14.4 Å². The Labute approximate surface area is 132 Å². The molecular formula is C17H28N2O3. The van der Waals surface area contributed by atoms with Gasteiger partial charge in [-0.05, 0) is 32.1 Å². The Balaban J connectivity index is 1.35. The van der Waals surface area contributed by atoms with Gasteiger partial charge in [-0.25, -0.2) is 0 Å². The molecule has 3 heterocycles. The van der Waals surface area contributed by atoms with Crippen LogP contribution in [0.2, 0.25) is 0 Å². The molecule has 0 aromatic rings. The van der Waals surface area contributed by atoms with E-state index in [2.05, 4.69) is 4.90 Å². The van der Waals surface area contributed by atoms with Crippen molar-refractivity contribution in [3.05, 3.63) is 0 Å². The van der Waals surface area contributed by atoms with E-state index in [1.54, 1.807) is 0 Å². The molecule has 1 saturated carbocycles. The second-order valence-electron chi connectivity index (χ2n) is 7.21. The fourth-order valence-electron chi connectivity index (χ4n) is 4.82. The normalized spacial score (nSPS) is 37.5. The van der Waals surface area contributed by atoms with Crippen LogP contribution in [0, 0.1) is 0 Å². The predicted molar refractivity (Wildman–Crippen MR) is 82.7 cm³/mol. The quantitative estimate of drug-likeness (QED) is 0.773. The molecule has 4 aliphatic rings. The summed E-state index contributed by atoms with van der Waals surface area (Å²) in [5, 5.41) is 0. The number of fused-ring (bicyclic) bond motifs is 1. The van der Waals surface area contributed by atoms with Crippen LogP contribution in [-0.2, 0) is 14.3 Å². The summed E-state index contributed by atoms with van der Waals surface area (Å²) in [4.78, 5) is 17.2. The summed E-state index contributed by atoms with van der Waals surface area (Å²) >= 11 is 0. The van der Waals surface area contributed by atoms with Crippen molar-refractivity contribution in [2.45, 2.75) is 69.2 Å². The van der Waals surface area contributed by atoms with E-state index in [0.717, 1.165) is 38.4 Å². The van der Waals surface area contributed by atoms with Gasteiger partial charge in [-0.2, -0.15) is 0 Å². The van der Waals surface area contributed by atoms with Crippen molar-refractivity contribution in [2.24, 2.45) is 0 Å². The highest BCUT2D eigenvalue weighted by atomic mass is 16.5. The molecular weight excluding hydrogens is 280 g/mol. The maximum absolute atomic E-state index is 12.6. The van der Waals surface area contributed by atoms with E-state index in [4.69, 9.17) is 9.47 Å². The lowest BCUT2D eigenvalue weighted by Gasteiger charge is -2.39. The van der Waals surface area contributed by atoms with Gasteiger partial charge in [0.25, 0.3) is 5.91 Å². The number of ether oxygens (including phenoxy) is 2. The van der Waals surface area contributed by atoms with Crippen LogP contribution in [0.25, 0.3) is 0 Å². The number of hydrogen-bond acceptors (Lipinski definition) is 4. The zero-order valence-corrected chi connectivity index (χ0v) is 13.4. The SMILES string of the molecule is O=C([C@H]1CC[C@@H]2[C@@H](CCN2C2CCCC2)O1)N1CCOCC1. The van der Waals surface area contributed by atoms with E-state index in [9.17, 15) is 4.79 Å². The lowest BCUT2D eigenvalue weighted by molar-refractivity contribution is -0.158. The summed E-state index contributed by atoms with van der Waals surface area (Å²) in [5.74, 6) is 0.195. The van der Waals surface area contributed by atoms with Gasteiger partial charge in [-0.15, -0.1) is 0 Å². The number of hydrogen-bond donors (Lipinski definition) is 0. The Morgan fingerprint density at radius 1 is 0.909 bits per heavy atom. The molecule has 3 saturated heterocycles. The Kier molecular flexibility index (Phi) is 4.38. The van der Waals surface area contributed by atoms with Gasteiger partial charge in [0, 0.05) is 31.7 Å². The van der Waals surface area contributed by atoms with Crippen LogP contribution in [0.15, 0.2) is 0 Å². The van der Waals surface area contributed by atoms with Crippen molar-refractivity contribution in [2.75, 3.05) is 32.8 Å². The number of nitrogens with zero attached hydrogens (tertiary/aromatic N) is 2. The van der Waals surface area contributed by atoms with Crippen LogP contribution in [0.1, 0.15) is 44.9 Å². The van der Waals surface area contributed by atoms with Gasteiger partial charge in [-0.3, -0.25) is 9.69 Å². The van der Waals surface area contributed by atoms with Crippen molar-refractivity contribution in [1.82, 2.24) is 9.80 Å². The number of rotatable bonds is 2. The van der Waals surface area contributed by atoms with Crippen molar-refractivity contribution >= 4 is 5.91 Å². The lowest BCUT2D eigenvalue weighted by atomic mass is 9.97. The standard InChI is InChI=1S/C17H28N2O3/c20-17(18-9-11-21-12-10-18)16-6-5-14-15(22-16)7-8-19(14)13-3-1-2-4-13/h13-16H,1-12H2/t14-,15-,16-/m1/s1. The minimum absolute atomic E-state index is 0.195. The molecule has 0 radical (unpaired) electrons. The highest BCUT2D eigenvalue weighted by molar-refractivity contribution is 5.81. The Hall–Kier alpha value is -0.650. The number of carbonyl (C=O) groups excluding carboxylic acids is 1. The van der Waals surface area contributed by atoms with E-state index in [0.29, 0.717) is 19.3 Å². The average molecular weight is 308 g/mol. The van der Waals surface area contributed by atoms with Gasteiger partial charge in [0.2, 0.25) is 0 Å². The molecule has 1 aliphatic carbocycles. The summed E-state index contributed by atoms with van der Waals surface area (Å²) < 4.78 is 11.6. The predicted octanol–water partition coefficient (Wildman–Crippen LogP) is 1.41. The lowest BCUT2D eigenvalue weighted by Crippen LogP contribution is -2.52. The molecule has 3 aliphatic heterocycles. The molecule has 3 atom stereocenters. The minimum Gasteiger partial charge on any atom is -0.378 e. The molecule has 0 N–H and O–H groups in total. The molecule has 0 bridgehead atoms. The Morgan fingerprint density at radius 2 is 1.68 bits per heavy atom. The topological polar surface area (TPSA) is 42.0 Å². The van der Waals surface area contributed by atoms with Crippen molar-refractivity contribution in [3.8, 4) is 0 Å². The zero-order valence-electron chi connectivity index (χ0n) is 13.4. The molecule has 124 valence electrons. The van der Waals surface area contributed by atoms with Crippen molar-refractivity contribution in [3.63, 3.8) is 0 Å². The van der Waals surface area contributed by atoms with Crippen LogP contribution < -0.4 is 0 Å². The molecule has 1 amide bonds. The summed E-state index contributed by atoms with van der Waals surface area (Å²) in [5.41, 5.74) is 0. The summed E-state index contributed by atoms with van der Waals surface area (Å²) in [6, 6.07) is 1.35. The zero-order chi connectivity index (χ0) is 14.9. The third kappa shape index (κ3) is 2.79. The van der Waals surface area contributed by atoms with Crippen LogP contribution in [0.5, 0.6) is 0 Å². The number of morpholine rings is 1. The third-order valence-corrected chi connectivity index (χ3v) is 5.98. The van der Waals surface area contributed by atoms with E-state index in [1.807, 2.05) is 4.90 Å². The Bertz CT molecular complexity index is 405. The van der Waals surface area contributed by atoms with Gasteiger partial charge >= 0.3 is 0 Å². The maximum Gasteiger partial charge on any atom is 0.251 e. The largest absolute Gasteiger partial charge is 0.378 e.